The zero-order chi connectivity index (χ0) is 53.0. The molecule has 3 amide bonds. The molecule has 0 spiro atoms. The first-order valence-electron chi connectivity index (χ1n) is 23.6. The van der Waals surface area contributed by atoms with Gasteiger partial charge in [0.15, 0.2) is 0 Å². The number of amides is 3. The summed E-state index contributed by atoms with van der Waals surface area (Å²) in [7, 11) is -7.29. The van der Waals surface area contributed by atoms with Crippen molar-refractivity contribution in [3.63, 3.8) is 0 Å². The molecule has 390 valence electrons. The average Bonchev–Trinajstić information content (AvgIpc) is 4.10. The number of sulfonamides is 2. The highest BCUT2D eigenvalue weighted by molar-refractivity contribution is 7.91. The predicted molar refractivity (Wildman–Crippen MR) is 283 cm³/mol. The lowest BCUT2D eigenvalue weighted by Crippen LogP contribution is -2.42. The van der Waals surface area contributed by atoms with E-state index in [1.54, 1.807) is 42.5 Å². The summed E-state index contributed by atoms with van der Waals surface area (Å²) in [6.45, 7) is 3.97. The maximum Gasteiger partial charge on any atom is 0.270 e. The van der Waals surface area contributed by atoms with Gasteiger partial charge in [0.25, 0.3) is 43.2 Å². The van der Waals surface area contributed by atoms with Crippen LogP contribution < -0.4 is 27.0 Å². The Morgan fingerprint density at radius 1 is 0.595 bits per heavy atom. The Hall–Kier alpha value is -7.09. The van der Waals surface area contributed by atoms with Gasteiger partial charge in [-0.05, 0) is 110 Å². The van der Waals surface area contributed by atoms with Gasteiger partial charge in [0.1, 0.15) is 8.42 Å². The second-order valence-electron chi connectivity index (χ2n) is 17.5. The van der Waals surface area contributed by atoms with Crippen molar-refractivity contribution < 1.29 is 41.1 Å². The molecule has 2 saturated heterocycles. The standard InChI is InChI=1S/C26H30N4O5S2.C24H25N5O6S2/c1-2-5-19-6-3-8-22(16-19)28-21-12-14-29(15-13-21)37(34,35)25-11-10-24(36-25)18-27-26(31)20-7-4-9-23(17-20)30(32)33;25-23(30)16-4-6-18(7-5-16)27-19-10-12-28(13-11-19)37(34,35)22-9-8-21(36-22)15-26-24(31)17-2-1-3-20(14-17)29(32)33/h3-4,6-11,16-17,21,28H,2,5,12-15,18H2,1H3,(H,27,31);1-9,14,19,27H,10-13,15H2,(H2,25,30)(H,26,31). The largest absolute Gasteiger partial charge is 0.382 e. The quantitative estimate of drug-likeness (QED) is 0.0383. The van der Waals surface area contributed by atoms with E-state index in [-0.39, 0.29) is 56.1 Å². The monoisotopic (exact) mass is 1090 g/mol. The highest BCUT2D eigenvalue weighted by Gasteiger charge is 2.32. The van der Waals surface area contributed by atoms with E-state index < -0.39 is 47.6 Å². The molecule has 6 aromatic rings. The molecule has 2 aromatic heterocycles. The minimum Gasteiger partial charge on any atom is -0.382 e. The van der Waals surface area contributed by atoms with Gasteiger partial charge >= 0.3 is 0 Å². The lowest BCUT2D eigenvalue weighted by Gasteiger charge is -2.31. The van der Waals surface area contributed by atoms with Crippen LogP contribution in [0.25, 0.3) is 0 Å². The zero-order valence-electron chi connectivity index (χ0n) is 40.2. The Morgan fingerprint density at radius 3 is 1.47 bits per heavy atom. The summed E-state index contributed by atoms with van der Waals surface area (Å²) in [6, 6.07) is 32.8. The minimum absolute atomic E-state index is 0.0915. The number of anilines is 2. The van der Waals surface area contributed by atoms with E-state index in [4.69, 9.17) is 5.73 Å². The molecule has 20 nitrogen and oxygen atoms in total. The van der Waals surface area contributed by atoms with Crippen molar-refractivity contribution in [2.75, 3.05) is 36.8 Å². The molecule has 0 saturated carbocycles. The van der Waals surface area contributed by atoms with Crippen molar-refractivity contribution in [2.24, 2.45) is 5.73 Å². The van der Waals surface area contributed by atoms with Crippen molar-refractivity contribution in [3.8, 4) is 0 Å². The molecule has 24 heteroatoms. The van der Waals surface area contributed by atoms with Crippen LogP contribution in [0.2, 0.25) is 0 Å². The molecule has 6 N–H and O–H groups in total. The molecule has 0 aliphatic carbocycles. The van der Waals surface area contributed by atoms with Gasteiger partial charge in [-0.25, -0.2) is 16.8 Å². The first-order valence-corrected chi connectivity index (χ1v) is 28.2. The molecule has 2 aliphatic rings. The van der Waals surface area contributed by atoms with Crippen LogP contribution >= 0.6 is 22.7 Å². The molecule has 74 heavy (non-hydrogen) atoms. The van der Waals surface area contributed by atoms with Crippen LogP contribution in [0.5, 0.6) is 0 Å². The van der Waals surface area contributed by atoms with E-state index in [1.807, 2.05) is 12.1 Å². The lowest BCUT2D eigenvalue weighted by molar-refractivity contribution is -0.385. The van der Waals surface area contributed by atoms with E-state index in [9.17, 15) is 51.4 Å². The van der Waals surface area contributed by atoms with Gasteiger partial charge < -0.3 is 27.0 Å². The van der Waals surface area contributed by atoms with Crippen LogP contribution in [0.4, 0.5) is 22.7 Å². The molecular weight excluding hydrogens is 1030 g/mol. The maximum absolute atomic E-state index is 13.2. The second kappa shape index (κ2) is 24.8. The number of carbonyl (C=O) groups excluding carboxylic acids is 3. The van der Waals surface area contributed by atoms with Crippen molar-refractivity contribution in [2.45, 2.75) is 79.0 Å². The van der Waals surface area contributed by atoms with Gasteiger partial charge in [0, 0.05) is 100 Å². The Labute approximate surface area is 436 Å². The fraction of sp³-hybridized carbons (Fsp3) is 0.300. The van der Waals surface area contributed by atoms with Crippen molar-refractivity contribution >= 4 is 83.2 Å². The number of non-ortho nitro benzene ring substituents is 2. The number of hydrogen-bond donors (Lipinski definition) is 5. The van der Waals surface area contributed by atoms with Crippen LogP contribution in [0.15, 0.2) is 130 Å². The number of hydrogen-bond acceptors (Lipinski definition) is 15. The van der Waals surface area contributed by atoms with E-state index >= 15 is 0 Å². The van der Waals surface area contributed by atoms with E-state index in [0.717, 1.165) is 59.7 Å². The number of rotatable bonds is 19. The number of piperidine rings is 2. The molecule has 2 fully saturated rings. The molecule has 4 heterocycles. The molecule has 4 aromatic carbocycles. The summed E-state index contributed by atoms with van der Waals surface area (Å²) in [6.07, 6.45) is 4.80. The number of nitrogens with one attached hydrogen (secondary N) is 4. The Kier molecular flexibility index (Phi) is 18.3. The molecule has 0 radical (unpaired) electrons. The Balaban J connectivity index is 0.000000216. The number of nitrogens with two attached hydrogens (primary N) is 1. The highest BCUT2D eigenvalue weighted by Crippen LogP contribution is 2.30. The van der Waals surface area contributed by atoms with Crippen molar-refractivity contribution in [1.82, 2.24) is 19.2 Å². The first-order chi connectivity index (χ1) is 35.4. The number of nitrogens with zero attached hydrogens (tertiary/aromatic N) is 4. The maximum atomic E-state index is 13.2. The van der Waals surface area contributed by atoms with Crippen molar-refractivity contribution in [1.29, 1.82) is 0 Å². The molecule has 8 rings (SSSR count). The minimum atomic E-state index is -3.67. The van der Waals surface area contributed by atoms with E-state index in [0.29, 0.717) is 54.3 Å². The van der Waals surface area contributed by atoms with E-state index in [1.165, 1.54) is 68.8 Å². The summed E-state index contributed by atoms with van der Waals surface area (Å²) in [5.74, 6) is -1.44. The van der Waals surface area contributed by atoms with Gasteiger partial charge in [0.05, 0.1) is 22.9 Å². The van der Waals surface area contributed by atoms with Crippen LogP contribution in [-0.4, -0.2) is 91.3 Å². The first kappa shape index (κ1) is 54.7. The van der Waals surface area contributed by atoms with Crippen LogP contribution in [0.1, 0.15) is 85.4 Å². The number of primary amides is 1. The van der Waals surface area contributed by atoms with Gasteiger partial charge in [-0.3, -0.25) is 34.6 Å². The predicted octanol–water partition coefficient (Wildman–Crippen LogP) is 7.75. The summed E-state index contributed by atoms with van der Waals surface area (Å²) in [4.78, 5) is 58.0. The van der Waals surface area contributed by atoms with Crippen LogP contribution in [0, 0.1) is 20.2 Å². The van der Waals surface area contributed by atoms with E-state index in [2.05, 4.69) is 40.3 Å². The fourth-order valence-corrected chi connectivity index (χ4v) is 14.1. The number of benzene rings is 4. The van der Waals surface area contributed by atoms with Gasteiger partial charge in [-0.1, -0.05) is 37.6 Å². The lowest BCUT2D eigenvalue weighted by atomic mass is 10.1. The summed E-state index contributed by atoms with van der Waals surface area (Å²) >= 11 is 2.20. The molecule has 2 aliphatic heterocycles. The number of thiophene rings is 2. The normalized spacial score (nSPS) is 14.8. The smallest absolute Gasteiger partial charge is 0.270 e. The SMILES string of the molecule is CCCc1cccc(NC2CCN(S(=O)(=O)c3ccc(CNC(=O)c4cccc([N+](=O)[O-])c4)s3)CC2)c1.NC(=O)c1ccc(NC2CCN(S(=O)(=O)c3ccc(CNC(=O)c4cccc([N+](=O)[O-])c4)s3)CC2)cc1. The topological polar surface area (TPSA) is 286 Å². The fourth-order valence-electron chi connectivity index (χ4n) is 8.29. The van der Waals surface area contributed by atoms with Gasteiger partial charge in [-0.2, -0.15) is 8.61 Å². The second-order valence-corrected chi connectivity index (χ2v) is 24.1. The Morgan fingerprint density at radius 2 is 1.04 bits per heavy atom. The van der Waals surface area contributed by atoms with Crippen LogP contribution in [0.3, 0.4) is 0 Å². The molecular formula is C50H55N9O11S4. The number of nitro benzene ring substituents is 2. The zero-order valence-corrected chi connectivity index (χ0v) is 43.4. The third-order valence-corrected chi connectivity index (χ3v) is 19.1. The summed E-state index contributed by atoms with van der Waals surface area (Å²) in [5, 5.41) is 34.1. The Bertz CT molecular complexity index is 3200. The highest BCUT2D eigenvalue weighted by atomic mass is 32.3. The van der Waals surface area contributed by atoms with Gasteiger partial charge in [0.2, 0.25) is 5.91 Å². The summed E-state index contributed by atoms with van der Waals surface area (Å²) < 4.78 is 56.1. The van der Waals surface area contributed by atoms with Gasteiger partial charge in [-0.15, -0.1) is 22.7 Å². The number of aryl methyl sites for hydroxylation is 1. The number of nitro groups is 2. The van der Waals surface area contributed by atoms with Crippen molar-refractivity contribution in [3.05, 3.63) is 174 Å². The molecule has 0 bridgehead atoms. The third-order valence-electron chi connectivity index (χ3n) is 12.2. The summed E-state index contributed by atoms with van der Waals surface area (Å²) in [5.41, 5.74) is 8.86. The number of carbonyl (C=O) groups is 3. The average molecular weight is 1090 g/mol. The third kappa shape index (κ3) is 14.4. The molecule has 0 unspecified atom stereocenters. The van der Waals surface area contributed by atoms with Crippen LogP contribution in [-0.2, 0) is 39.6 Å². The molecule has 0 atom stereocenters.